The van der Waals surface area contributed by atoms with Crippen molar-refractivity contribution in [2.24, 2.45) is 0 Å². The van der Waals surface area contributed by atoms with Gasteiger partial charge in [0.05, 0.1) is 17.7 Å². The molecule has 0 aliphatic heterocycles. The van der Waals surface area contributed by atoms with E-state index in [2.05, 4.69) is 10.3 Å². The Labute approximate surface area is 178 Å². The summed E-state index contributed by atoms with van der Waals surface area (Å²) in [5.41, 5.74) is 0.992. The lowest BCUT2D eigenvalue weighted by Crippen LogP contribution is -2.38. The zero-order chi connectivity index (χ0) is 21.5. The van der Waals surface area contributed by atoms with E-state index in [0.717, 1.165) is 10.5 Å². The van der Waals surface area contributed by atoms with Gasteiger partial charge in [-0.1, -0.05) is 35.9 Å². The first kappa shape index (κ1) is 21.1. The predicted molar refractivity (Wildman–Crippen MR) is 115 cm³/mol. The van der Waals surface area contributed by atoms with Crippen molar-refractivity contribution in [2.75, 3.05) is 18.6 Å². The summed E-state index contributed by atoms with van der Waals surface area (Å²) in [6.07, 6.45) is 1.93. The number of rotatable bonds is 7. The van der Waals surface area contributed by atoms with Gasteiger partial charge in [0.25, 0.3) is 0 Å². The fourth-order valence-corrected chi connectivity index (χ4v) is 3.14. The van der Waals surface area contributed by atoms with Gasteiger partial charge in [-0.25, -0.2) is 14.7 Å². The molecule has 2 aromatic carbocycles. The molecule has 0 spiro atoms. The Balaban J connectivity index is 1.91. The van der Waals surface area contributed by atoms with Crippen LogP contribution in [0.25, 0.3) is 0 Å². The van der Waals surface area contributed by atoms with Gasteiger partial charge in [0, 0.05) is 23.8 Å². The number of methoxy groups -OCH3 is 1. The molecular weight excluding hydrogens is 408 g/mol. The number of nitro groups is 1. The molecule has 0 bridgehead atoms. The molecule has 0 saturated carbocycles. The molecule has 30 heavy (non-hydrogen) atoms. The smallest absolute Gasteiger partial charge is 0.328 e. The summed E-state index contributed by atoms with van der Waals surface area (Å²) >= 11 is 6.00. The first-order valence-corrected chi connectivity index (χ1v) is 9.44. The second-order valence-corrected chi connectivity index (χ2v) is 6.66. The average Bonchev–Trinajstić information content (AvgIpc) is 2.74. The van der Waals surface area contributed by atoms with E-state index in [0.29, 0.717) is 29.4 Å². The first-order chi connectivity index (χ1) is 14.5. The third kappa shape index (κ3) is 4.84. The summed E-state index contributed by atoms with van der Waals surface area (Å²) in [6.45, 7) is 0.297. The number of carbonyl (C=O) groups excluding carboxylic acids is 1. The lowest BCUT2D eigenvalue weighted by atomic mass is 10.1. The fourth-order valence-electron chi connectivity index (χ4n) is 2.92. The van der Waals surface area contributed by atoms with Gasteiger partial charge in [-0.05, 0) is 42.3 Å². The van der Waals surface area contributed by atoms with Gasteiger partial charge in [0.15, 0.2) is 0 Å². The molecule has 0 fully saturated rings. The van der Waals surface area contributed by atoms with Crippen LogP contribution in [0.4, 0.5) is 22.0 Å². The zero-order valence-electron chi connectivity index (χ0n) is 16.1. The highest BCUT2D eigenvalue weighted by Gasteiger charge is 2.29. The number of amides is 2. The normalized spacial score (nSPS) is 10.3. The van der Waals surface area contributed by atoms with Gasteiger partial charge < -0.3 is 10.1 Å². The largest absolute Gasteiger partial charge is 0.495 e. The maximum absolute atomic E-state index is 13.1. The summed E-state index contributed by atoms with van der Waals surface area (Å²) in [5.74, 6) is 0.273. The van der Waals surface area contributed by atoms with Gasteiger partial charge in [-0.15, -0.1) is 0 Å². The highest BCUT2D eigenvalue weighted by molar-refractivity contribution is 6.30. The second kappa shape index (κ2) is 9.71. The molecule has 8 nitrogen and oxygen atoms in total. The van der Waals surface area contributed by atoms with Crippen LogP contribution in [0, 0.1) is 10.1 Å². The molecule has 0 aliphatic rings. The monoisotopic (exact) mass is 426 g/mol. The summed E-state index contributed by atoms with van der Waals surface area (Å²) in [5, 5.41) is 14.9. The van der Waals surface area contributed by atoms with Crippen LogP contribution in [0.15, 0.2) is 66.9 Å². The Hall–Kier alpha value is -3.65. The number of hydrogen-bond donors (Lipinski definition) is 1. The Kier molecular flexibility index (Phi) is 6.82. The maximum atomic E-state index is 13.1. The number of halogens is 1. The van der Waals surface area contributed by atoms with E-state index in [1.807, 2.05) is 18.2 Å². The van der Waals surface area contributed by atoms with Gasteiger partial charge in [-0.2, -0.15) is 0 Å². The molecule has 0 aliphatic carbocycles. The van der Waals surface area contributed by atoms with Crippen LogP contribution in [0.3, 0.4) is 0 Å². The maximum Gasteiger partial charge on any atom is 0.328 e. The molecule has 1 heterocycles. The predicted octanol–water partition coefficient (Wildman–Crippen LogP) is 4.74. The lowest BCUT2D eigenvalue weighted by molar-refractivity contribution is -0.384. The van der Waals surface area contributed by atoms with Gasteiger partial charge in [0.2, 0.25) is 5.82 Å². The standard InChI is InChI=1S/C21H19ClN4O4/c1-30-19-10-3-2-8-17(19)25(20-18(26(28)29)9-5-12-23-20)21(27)24-13-11-15-6-4-7-16(22)14-15/h2-10,12,14H,11,13H2,1H3,(H,24,27). The van der Waals surface area contributed by atoms with Crippen molar-refractivity contribution in [1.82, 2.24) is 10.3 Å². The zero-order valence-corrected chi connectivity index (χ0v) is 16.9. The minimum absolute atomic E-state index is 0.104. The van der Waals surface area contributed by atoms with Crippen LogP contribution >= 0.6 is 11.6 Å². The van der Waals surface area contributed by atoms with Gasteiger partial charge >= 0.3 is 11.7 Å². The van der Waals surface area contributed by atoms with E-state index in [-0.39, 0.29) is 11.5 Å². The van der Waals surface area contributed by atoms with Gasteiger partial charge in [0.1, 0.15) is 5.75 Å². The third-order valence-corrected chi connectivity index (χ3v) is 4.52. The molecule has 1 N–H and O–H groups in total. The van der Waals surface area contributed by atoms with Crippen molar-refractivity contribution in [3.05, 3.63) is 87.6 Å². The van der Waals surface area contributed by atoms with E-state index < -0.39 is 11.0 Å². The van der Waals surface area contributed by atoms with Crippen LogP contribution in [0.1, 0.15) is 5.56 Å². The van der Waals surface area contributed by atoms with Crippen LogP contribution in [-0.4, -0.2) is 29.6 Å². The molecular formula is C21H19ClN4O4. The summed E-state index contributed by atoms with van der Waals surface area (Å²) in [6, 6.07) is 16.2. The topological polar surface area (TPSA) is 97.6 Å². The number of pyridine rings is 1. The molecule has 0 unspecified atom stereocenters. The molecule has 3 aromatic rings. The molecule has 0 saturated heterocycles. The average molecular weight is 427 g/mol. The number of aromatic nitrogens is 1. The lowest BCUT2D eigenvalue weighted by Gasteiger charge is -2.23. The van der Waals surface area contributed by atoms with E-state index in [9.17, 15) is 14.9 Å². The molecule has 9 heteroatoms. The van der Waals surface area contributed by atoms with Crippen molar-refractivity contribution < 1.29 is 14.5 Å². The summed E-state index contributed by atoms with van der Waals surface area (Å²) in [7, 11) is 1.46. The Bertz CT molecular complexity index is 1060. The van der Waals surface area contributed by atoms with Crippen molar-refractivity contribution in [3.63, 3.8) is 0 Å². The number of carbonyl (C=O) groups is 1. The number of benzene rings is 2. The van der Waals surface area contributed by atoms with Crippen molar-refractivity contribution in [3.8, 4) is 5.75 Å². The SMILES string of the molecule is COc1ccccc1N(C(=O)NCCc1cccc(Cl)c1)c1ncccc1[N+](=O)[O-]. The number of nitrogens with zero attached hydrogens (tertiary/aromatic N) is 3. The molecule has 0 atom stereocenters. The van der Waals surface area contributed by atoms with Crippen LogP contribution in [0.5, 0.6) is 5.75 Å². The van der Waals surface area contributed by atoms with Crippen LogP contribution < -0.4 is 15.0 Å². The molecule has 1 aromatic heterocycles. The van der Waals surface area contributed by atoms with Crippen molar-refractivity contribution in [2.45, 2.75) is 6.42 Å². The number of nitrogens with one attached hydrogen (secondary N) is 1. The quantitative estimate of drug-likeness (QED) is 0.434. The number of ether oxygens (including phenoxy) is 1. The number of hydrogen-bond acceptors (Lipinski definition) is 5. The highest BCUT2D eigenvalue weighted by atomic mass is 35.5. The van der Waals surface area contributed by atoms with E-state index in [4.69, 9.17) is 16.3 Å². The van der Waals surface area contributed by atoms with Crippen molar-refractivity contribution in [1.29, 1.82) is 0 Å². The van der Waals surface area contributed by atoms with Crippen molar-refractivity contribution >= 4 is 34.8 Å². The fraction of sp³-hybridized carbons (Fsp3) is 0.143. The Morgan fingerprint density at radius 1 is 1.20 bits per heavy atom. The highest BCUT2D eigenvalue weighted by Crippen LogP contribution is 2.36. The Morgan fingerprint density at radius 3 is 2.73 bits per heavy atom. The van der Waals surface area contributed by atoms with Crippen LogP contribution in [-0.2, 0) is 6.42 Å². The third-order valence-electron chi connectivity index (χ3n) is 4.28. The number of anilines is 2. The second-order valence-electron chi connectivity index (χ2n) is 6.22. The first-order valence-electron chi connectivity index (χ1n) is 9.06. The molecule has 154 valence electrons. The summed E-state index contributed by atoms with van der Waals surface area (Å²) in [4.78, 5) is 29.3. The van der Waals surface area contributed by atoms with E-state index >= 15 is 0 Å². The summed E-state index contributed by atoms with van der Waals surface area (Å²) < 4.78 is 5.35. The minimum Gasteiger partial charge on any atom is -0.495 e. The molecule has 2 amide bonds. The minimum atomic E-state index is -0.579. The van der Waals surface area contributed by atoms with E-state index in [1.54, 1.807) is 30.3 Å². The van der Waals surface area contributed by atoms with Gasteiger partial charge in [-0.3, -0.25) is 10.1 Å². The number of urea groups is 1. The van der Waals surface area contributed by atoms with Crippen LogP contribution in [0.2, 0.25) is 5.02 Å². The molecule has 3 rings (SSSR count). The number of para-hydroxylation sites is 2. The van der Waals surface area contributed by atoms with E-state index in [1.165, 1.54) is 25.4 Å². The molecule has 0 radical (unpaired) electrons. The Morgan fingerprint density at radius 2 is 2.00 bits per heavy atom.